The largest absolute Gasteiger partial charge is 0.389 e. The van der Waals surface area contributed by atoms with Gasteiger partial charge in [0.15, 0.2) is 0 Å². The predicted molar refractivity (Wildman–Crippen MR) is 74.3 cm³/mol. The fourth-order valence-corrected chi connectivity index (χ4v) is 2.56. The van der Waals surface area contributed by atoms with Gasteiger partial charge < -0.3 is 14.7 Å². The number of benzene rings is 1. The normalized spacial score (nSPS) is 22.7. The molecule has 3 nitrogen and oxygen atoms in total. The second kappa shape index (κ2) is 5.91. The van der Waals surface area contributed by atoms with E-state index in [1.807, 2.05) is 18.2 Å². The van der Waals surface area contributed by atoms with Crippen molar-refractivity contribution in [2.75, 3.05) is 24.6 Å². The Hall–Kier alpha value is -0.770. The Labute approximate surface area is 113 Å². The third-order valence-corrected chi connectivity index (χ3v) is 3.55. The molecular weight excluding hydrogens is 250 g/mol. The molecule has 18 heavy (non-hydrogen) atoms. The number of aliphatic hydroxyl groups is 1. The summed E-state index contributed by atoms with van der Waals surface area (Å²) in [5.74, 6) is 0. The summed E-state index contributed by atoms with van der Waals surface area (Å²) in [5, 5.41) is 10.2. The molecule has 4 heteroatoms. The molecule has 0 saturated carbocycles. The maximum absolute atomic E-state index is 9.54. The van der Waals surface area contributed by atoms with E-state index in [1.165, 1.54) is 0 Å². The van der Waals surface area contributed by atoms with Crippen LogP contribution in [0.2, 0.25) is 5.02 Å². The van der Waals surface area contributed by atoms with Gasteiger partial charge in [-0.3, -0.25) is 0 Å². The molecule has 1 heterocycles. The van der Waals surface area contributed by atoms with Gasteiger partial charge in [-0.1, -0.05) is 17.7 Å². The second-order valence-corrected chi connectivity index (χ2v) is 5.27. The predicted octanol–water partition coefficient (Wildman–Crippen LogP) is 3.01. The molecule has 1 N–H and O–H groups in total. The summed E-state index contributed by atoms with van der Waals surface area (Å²) in [7, 11) is 0. The average Bonchev–Trinajstić information content (AvgIpc) is 2.53. The van der Waals surface area contributed by atoms with Crippen LogP contribution in [-0.2, 0) is 4.74 Å². The quantitative estimate of drug-likeness (QED) is 0.896. The summed E-state index contributed by atoms with van der Waals surface area (Å²) in [6.45, 7) is 6.44. The van der Waals surface area contributed by atoms with E-state index in [2.05, 4.69) is 11.8 Å². The van der Waals surface area contributed by atoms with Gasteiger partial charge >= 0.3 is 0 Å². The van der Waals surface area contributed by atoms with Crippen LogP contribution in [0.3, 0.4) is 0 Å². The number of halogens is 1. The number of aliphatic hydroxyl groups excluding tert-OH is 1. The van der Waals surface area contributed by atoms with Gasteiger partial charge in [0.25, 0.3) is 0 Å². The lowest BCUT2D eigenvalue weighted by Crippen LogP contribution is -2.30. The minimum absolute atomic E-state index is 0.222. The highest BCUT2D eigenvalue weighted by molar-refractivity contribution is 6.33. The Bertz CT molecular complexity index is 409. The van der Waals surface area contributed by atoms with E-state index in [9.17, 15) is 5.11 Å². The third kappa shape index (κ3) is 3.16. The first-order chi connectivity index (χ1) is 8.58. The van der Waals surface area contributed by atoms with Gasteiger partial charge in [-0.05, 0) is 38.0 Å². The Morgan fingerprint density at radius 1 is 1.50 bits per heavy atom. The summed E-state index contributed by atoms with van der Waals surface area (Å²) in [5.41, 5.74) is 1.88. The zero-order valence-corrected chi connectivity index (χ0v) is 11.7. The van der Waals surface area contributed by atoms with E-state index in [4.69, 9.17) is 16.3 Å². The number of hydrogen-bond acceptors (Lipinski definition) is 3. The molecule has 2 unspecified atom stereocenters. The van der Waals surface area contributed by atoms with Crippen molar-refractivity contribution in [3.8, 4) is 0 Å². The van der Waals surface area contributed by atoms with Crippen molar-refractivity contribution in [1.29, 1.82) is 0 Å². The summed E-state index contributed by atoms with van der Waals surface area (Å²) < 4.78 is 5.63. The topological polar surface area (TPSA) is 32.7 Å². The highest BCUT2D eigenvalue weighted by atomic mass is 35.5. The standard InChI is InChI=1S/C14H20ClNO2/c1-10-9-16(6-3-7-18-10)14-5-4-12(11(2)17)8-13(14)15/h4-5,8,10-11,17H,3,6-7,9H2,1-2H3. The van der Waals surface area contributed by atoms with E-state index >= 15 is 0 Å². The minimum atomic E-state index is -0.483. The smallest absolute Gasteiger partial charge is 0.0762 e. The Morgan fingerprint density at radius 2 is 2.28 bits per heavy atom. The molecule has 0 aliphatic carbocycles. The highest BCUT2D eigenvalue weighted by Crippen LogP contribution is 2.30. The molecule has 1 aliphatic rings. The van der Waals surface area contributed by atoms with Crippen LogP contribution in [0.5, 0.6) is 0 Å². The zero-order chi connectivity index (χ0) is 13.1. The van der Waals surface area contributed by atoms with Crippen LogP contribution >= 0.6 is 11.6 Å². The first kappa shape index (κ1) is 13.7. The van der Waals surface area contributed by atoms with Gasteiger partial charge in [-0.2, -0.15) is 0 Å². The number of hydrogen-bond donors (Lipinski definition) is 1. The van der Waals surface area contributed by atoms with Crippen LogP contribution in [0.4, 0.5) is 5.69 Å². The van der Waals surface area contributed by atoms with Crippen molar-refractivity contribution in [3.05, 3.63) is 28.8 Å². The van der Waals surface area contributed by atoms with Crippen LogP contribution in [0.1, 0.15) is 31.9 Å². The van der Waals surface area contributed by atoms with Crippen molar-refractivity contribution >= 4 is 17.3 Å². The number of anilines is 1. The van der Waals surface area contributed by atoms with Crippen LogP contribution < -0.4 is 4.90 Å². The monoisotopic (exact) mass is 269 g/mol. The van der Waals surface area contributed by atoms with E-state index in [-0.39, 0.29) is 6.10 Å². The molecular formula is C14H20ClNO2. The Balaban J connectivity index is 2.21. The van der Waals surface area contributed by atoms with Gasteiger partial charge in [-0.25, -0.2) is 0 Å². The van der Waals surface area contributed by atoms with E-state index in [0.717, 1.165) is 37.4 Å². The molecule has 0 spiro atoms. The molecule has 1 fully saturated rings. The fourth-order valence-electron chi connectivity index (χ4n) is 2.25. The van der Waals surface area contributed by atoms with Crippen molar-refractivity contribution in [2.45, 2.75) is 32.5 Å². The number of ether oxygens (including phenoxy) is 1. The molecule has 2 atom stereocenters. The van der Waals surface area contributed by atoms with Crippen molar-refractivity contribution in [2.24, 2.45) is 0 Å². The number of nitrogens with zero attached hydrogens (tertiary/aromatic N) is 1. The van der Waals surface area contributed by atoms with Gasteiger partial charge in [0.2, 0.25) is 0 Å². The fraction of sp³-hybridized carbons (Fsp3) is 0.571. The first-order valence-electron chi connectivity index (χ1n) is 6.42. The molecule has 1 aromatic rings. The molecule has 0 aromatic heterocycles. The minimum Gasteiger partial charge on any atom is -0.389 e. The van der Waals surface area contributed by atoms with Gasteiger partial charge in [0.05, 0.1) is 22.9 Å². The second-order valence-electron chi connectivity index (χ2n) is 4.87. The maximum atomic E-state index is 9.54. The number of rotatable bonds is 2. The lowest BCUT2D eigenvalue weighted by atomic mass is 10.1. The van der Waals surface area contributed by atoms with Crippen molar-refractivity contribution in [3.63, 3.8) is 0 Å². The van der Waals surface area contributed by atoms with Crippen LogP contribution in [0, 0.1) is 0 Å². The third-order valence-electron chi connectivity index (χ3n) is 3.25. The average molecular weight is 270 g/mol. The lowest BCUT2D eigenvalue weighted by molar-refractivity contribution is 0.0821. The van der Waals surface area contributed by atoms with E-state index in [1.54, 1.807) is 6.92 Å². The molecule has 100 valence electrons. The van der Waals surface area contributed by atoms with Gasteiger partial charge in [-0.15, -0.1) is 0 Å². The molecule has 1 aliphatic heterocycles. The molecule has 1 saturated heterocycles. The SMILES string of the molecule is CC1CN(c2ccc(C(C)O)cc2Cl)CCCO1. The highest BCUT2D eigenvalue weighted by Gasteiger charge is 2.18. The van der Waals surface area contributed by atoms with Crippen LogP contribution in [0.15, 0.2) is 18.2 Å². The first-order valence-corrected chi connectivity index (χ1v) is 6.80. The van der Waals surface area contributed by atoms with E-state index in [0.29, 0.717) is 5.02 Å². The van der Waals surface area contributed by atoms with Crippen molar-refractivity contribution in [1.82, 2.24) is 0 Å². The zero-order valence-electron chi connectivity index (χ0n) is 10.9. The summed E-state index contributed by atoms with van der Waals surface area (Å²) >= 11 is 6.31. The Kier molecular flexibility index (Phi) is 4.49. The van der Waals surface area contributed by atoms with Gasteiger partial charge in [0, 0.05) is 19.7 Å². The van der Waals surface area contributed by atoms with Crippen LogP contribution in [0.25, 0.3) is 0 Å². The van der Waals surface area contributed by atoms with Crippen LogP contribution in [-0.4, -0.2) is 30.9 Å². The Morgan fingerprint density at radius 3 is 2.94 bits per heavy atom. The molecule has 1 aromatic carbocycles. The molecule has 0 amide bonds. The summed E-state index contributed by atoms with van der Waals surface area (Å²) in [4.78, 5) is 2.26. The molecule has 0 bridgehead atoms. The summed E-state index contributed by atoms with van der Waals surface area (Å²) in [6, 6.07) is 5.77. The molecule has 2 rings (SSSR count). The van der Waals surface area contributed by atoms with Gasteiger partial charge in [0.1, 0.15) is 0 Å². The van der Waals surface area contributed by atoms with E-state index < -0.39 is 6.10 Å². The maximum Gasteiger partial charge on any atom is 0.0762 e. The molecule has 0 radical (unpaired) electrons. The summed E-state index contributed by atoms with van der Waals surface area (Å²) in [6.07, 6.45) is 0.752. The van der Waals surface area contributed by atoms with Crippen molar-refractivity contribution < 1.29 is 9.84 Å². The lowest BCUT2D eigenvalue weighted by Gasteiger charge is -2.25.